The highest BCUT2D eigenvalue weighted by molar-refractivity contribution is 5.38. The van der Waals surface area contributed by atoms with Gasteiger partial charge in [-0.2, -0.15) is 0 Å². The van der Waals surface area contributed by atoms with Crippen molar-refractivity contribution in [2.75, 3.05) is 0 Å². The second kappa shape index (κ2) is 5.61. The van der Waals surface area contributed by atoms with Gasteiger partial charge in [-0.15, -0.1) is 0 Å². The molecule has 0 fully saturated rings. The summed E-state index contributed by atoms with van der Waals surface area (Å²) >= 11 is 0. The number of aliphatic hydroxyl groups is 1. The Hall–Kier alpha value is -1.67. The lowest BCUT2D eigenvalue weighted by Crippen LogP contribution is -2.11. The molecule has 2 rings (SSSR count). The highest BCUT2D eigenvalue weighted by Gasteiger charge is 2.16. The van der Waals surface area contributed by atoms with Crippen LogP contribution in [0.15, 0.2) is 36.4 Å². The molecule has 2 aromatic rings. The van der Waals surface area contributed by atoms with Gasteiger partial charge in [-0.3, -0.25) is 0 Å². The number of halogens is 1. The fourth-order valence-corrected chi connectivity index (χ4v) is 2.50. The van der Waals surface area contributed by atoms with E-state index in [9.17, 15) is 9.50 Å². The van der Waals surface area contributed by atoms with Crippen molar-refractivity contribution in [3.63, 3.8) is 0 Å². The summed E-state index contributed by atoms with van der Waals surface area (Å²) in [5.41, 5.74) is 4.01. The largest absolute Gasteiger partial charge is 0.384 e. The van der Waals surface area contributed by atoms with Gasteiger partial charge in [-0.05, 0) is 47.1 Å². The first-order chi connectivity index (χ1) is 9.70. The van der Waals surface area contributed by atoms with Crippen LogP contribution in [0.4, 0.5) is 4.39 Å². The lowest BCUT2D eigenvalue weighted by Gasteiger charge is -2.20. The van der Waals surface area contributed by atoms with E-state index in [0.717, 1.165) is 11.1 Å². The molecule has 0 aliphatic rings. The highest BCUT2D eigenvalue weighted by Crippen LogP contribution is 2.28. The summed E-state index contributed by atoms with van der Waals surface area (Å²) < 4.78 is 13.7. The van der Waals surface area contributed by atoms with Crippen LogP contribution in [0.1, 0.15) is 54.7 Å². The van der Waals surface area contributed by atoms with E-state index >= 15 is 0 Å². The van der Waals surface area contributed by atoms with E-state index in [4.69, 9.17) is 0 Å². The summed E-state index contributed by atoms with van der Waals surface area (Å²) in [4.78, 5) is 0. The van der Waals surface area contributed by atoms with Crippen molar-refractivity contribution in [3.05, 3.63) is 70.0 Å². The van der Waals surface area contributed by atoms with Crippen LogP contribution in [-0.4, -0.2) is 5.11 Å². The number of aliphatic hydroxyl groups excluding tert-OH is 1. The molecule has 2 aromatic carbocycles. The zero-order valence-electron chi connectivity index (χ0n) is 13.4. The van der Waals surface area contributed by atoms with E-state index < -0.39 is 6.10 Å². The van der Waals surface area contributed by atoms with Crippen LogP contribution in [0, 0.1) is 19.7 Å². The topological polar surface area (TPSA) is 20.2 Å². The van der Waals surface area contributed by atoms with Gasteiger partial charge in [-0.1, -0.05) is 57.2 Å². The third-order valence-corrected chi connectivity index (χ3v) is 3.87. The molecule has 0 saturated heterocycles. The maximum atomic E-state index is 13.7. The van der Waals surface area contributed by atoms with E-state index in [1.54, 1.807) is 26.0 Å². The van der Waals surface area contributed by atoms with E-state index in [0.29, 0.717) is 11.1 Å². The normalized spacial score (nSPS) is 13.3. The van der Waals surface area contributed by atoms with Gasteiger partial charge in [0.1, 0.15) is 11.9 Å². The van der Waals surface area contributed by atoms with Crippen LogP contribution in [0.25, 0.3) is 0 Å². The Labute approximate surface area is 126 Å². The molecule has 1 atom stereocenters. The van der Waals surface area contributed by atoms with Crippen molar-refractivity contribution >= 4 is 0 Å². The van der Waals surface area contributed by atoms with Crippen molar-refractivity contribution in [1.82, 2.24) is 0 Å². The Morgan fingerprint density at radius 1 is 0.905 bits per heavy atom. The monoisotopic (exact) mass is 286 g/mol. The van der Waals surface area contributed by atoms with Crippen molar-refractivity contribution in [2.45, 2.75) is 46.1 Å². The van der Waals surface area contributed by atoms with Gasteiger partial charge in [0.25, 0.3) is 0 Å². The van der Waals surface area contributed by atoms with Crippen LogP contribution in [-0.2, 0) is 5.41 Å². The van der Waals surface area contributed by atoms with E-state index in [1.165, 1.54) is 5.56 Å². The quantitative estimate of drug-likeness (QED) is 0.839. The molecule has 1 unspecified atom stereocenters. The summed E-state index contributed by atoms with van der Waals surface area (Å²) in [5.74, 6) is -0.200. The van der Waals surface area contributed by atoms with Gasteiger partial charge in [-0.25, -0.2) is 4.39 Å². The van der Waals surface area contributed by atoms with Crippen molar-refractivity contribution in [3.8, 4) is 0 Å². The fraction of sp³-hybridized carbons (Fsp3) is 0.368. The first-order valence-corrected chi connectivity index (χ1v) is 7.25. The molecule has 21 heavy (non-hydrogen) atoms. The molecule has 0 radical (unpaired) electrons. The van der Waals surface area contributed by atoms with Crippen molar-refractivity contribution < 1.29 is 9.50 Å². The Bertz CT molecular complexity index is 613. The van der Waals surface area contributed by atoms with Gasteiger partial charge in [0, 0.05) is 0 Å². The molecule has 0 aliphatic heterocycles. The molecule has 0 aromatic heterocycles. The summed E-state index contributed by atoms with van der Waals surface area (Å²) in [6, 6.07) is 11.4. The molecule has 0 amide bonds. The SMILES string of the molecule is Cc1cc(C(O)c2ccc(C(C)(C)C)cc2)cc(C)c1F. The highest BCUT2D eigenvalue weighted by atomic mass is 19.1. The molecule has 1 nitrogen and oxygen atoms in total. The number of benzene rings is 2. The number of hydrogen-bond donors (Lipinski definition) is 1. The minimum atomic E-state index is -0.725. The van der Waals surface area contributed by atoms with Crippen LogP contribution in [0.5, 0.6) is 0 Å². The third kappa shape index (κ3) is 3.33. The van der Waals surface area contributed by atoms with Gasteiger partial charge < -0.3 is 5.11 Å². The number of hydrogen-bond acceptors (Lipinski definition) is 1. The maximum Gasteiger partial charge on any atom is 0.129 e. The molecule has 0 saturated carbocycles. The van der Waals surface area contributed by atoms with E-state index in [2.05, 4.69) is 20.8 Å². The third-order valence-electron chi connectivity index (χ3n) is 3.87. The lowest BCUT2D eigenvalue weighted by molar-refractivity contribution is 0.220. The minimum Gasteiger partial charge on any atom is -0.384 e. The van der Waals surface area contributed by atoms with Gasteiger partial charge in [0.2, 0.25) is 0 Å². The molecule has 0 spiro atoms. The Morgan fingerprint density at radius 3 is 1.81 bits per heavy atom. The Morgan fingerprint density at radius 2 is 1.38 bits per heavy atom. The fourth-order valence-electron chi connectivity index (χ4n) is 2.50. The smallest absolute Gasteiger partial charge is 0.129 e. The molecule has 1 N–H and O–H groups in total. The van der Waals surface area contributed by atoms with Gasteiger partial charge in [0.05, 0.1) is 0 Å². The average Bonchev–Trinajstić information content (AvgIpc) is 2.42. The van der Waals surface area contributed by atoms with Crippen molar-refractivity contribution in [1.29, 1.82) is 0 Å². The average molecular weight is 286 g/mol. The van der Waals surface area contributed by atoms with Crippen LogP contribution in [0.2, 0.25) is 0 Å². The van der Waals surface area contributed by atoms with Crippen LogP contribution < -0.4 is 0 Å². The number of aryl methyl sites for hydroxylation is 2. The summed E-state index contributed by atoms with van der Waals surface area (Å²) in [5, 5.41) is 10.5. The van der Waals surface area contributed by atoms with Crippen molar-refractivity contribution in [2.24, 2.45) is 0 Å². The van der Waals surface area contributed by atoms with Gasteiger partial charge in [0.15, 0.2) is 0 Å². The van der Waals surface area contributed by atoms with E-state index in [1.807, 2.05) is 24.3 Å². The zero-order valence-corrected chi connectivity index (χ0v) is 13.4. The number of rotatable bonds is 2. The van der Waals surface area contributed by atoms with E-state index in [-0.39, 0.29) is 11.2 Å². The maximum absolute atomic E-state index is 13.7. The molecular weight excluding hydrogens is 263 g/mol. The molecule has 0 aliphatic carbocycles. The molecule has 2 heteroatoms. The van der Waals surface area contributed by atoms with Crippen LogP contribution >= 0.6 is 0 Å². The summed E-state index contributed by atoms with van der Waals surface area (Å²) in [7, 11) is 0. The first-order valence-electron chi connectivity index (χ1n) is 7.25. The Balaban J connectivity index is 2.34. The predicted octanol–water partition coefficient (Wildman–Crippen LogP) is 4.82. The second-order valence-electron chi connectivity index (χ2n) is 6.74. The second-order valence-corrected chi connectivity index (χ2v) is 6.74. The van der Waals surface area contributed by atoms with Crippen LogP contribution in [0.3, 0.4) is 0 Å². The standard InChI is InChI=1S/C19H23FO/c1-12-10-15(11-13(2)17(12)20)18(21)14-6-8-16(9-7-14)19(3,4)5/h6-11,18,21H,1-5H3. The molecule has 112 valence electrons. The zero-order chi connectivity index (χ0) is 15.8. The minimum absolute atomic E-state index is 0.0898. The molecular formula is C19H23FO. The predicted molar refractivity (Wildman–Crippen MR) is 85.1 cm³/mol. The first kappa shape index (κ1) is 15.7. The molecule has 0 heterocycles. The Kier molecular flexibility index (Phi) is 4.20. The lowest BCUT2D eigenvalue weighted by atomic mass is 9.86. The van der Waals surface area contributed by atoms with Gasteiger partial charge >= 0.3 is 0 Å². The summed E-state index contributed by atoms with van der Waals surface area (Å²) in [6.45, 7) is 9.92. The molecule has 0 bridgehead atoms. The summed E-state index contributed by atoms with van der Waals surface area (Å²) in [6.07, 6.45) is -0.725.